The Morgan fingerprint density at radius 3 is 2.38 bits per heavy atom. The summed E-state index contributed by atoms with van der Waals surface area (Å²) in [5.74, 6) is 1.34. The Kier molecular flexibility index (Phi) is 6.95. The van der Waals surface area contributed by atoms with Gasteiger partial charge in [0.15, 0.2) is 0 Å². The quantitative estimate of drug-likeness (QED) is 0.667. The van der Waals surface area contributed by atoms with Crippen molar-refractivity contribution in [2.75, 3.05) is 13.7 Å². The summed E-state index contributed by atoms with van der Waals surface area (Å²) < 4.78 is 7.52. The zero-order valence-corrected chi connectivity index (χ0v) is 16.9. The van der Waals surface area contributed by atoms with Gasteiger partial charge in [0.2, 0.25) is 0 Å². The smallest absolute Gasteiger partial charge is 0.140 e. The molecule has 0 heterocycles. The molecule has 0 atom stereocenters. The van der Waals surface area contributed by atoms with Gasteiger partial charge in [0.25, 0.3) is 0 Å². The van der Waals surface area contributed by atoms with Gasteiger partial charge in [0.05, 0.1) is 11.6 Å². The molecule has 0 amide bonds. The molecule has 0 aliphatic rings. The molecule has 118 valence electrons. The van der Waals surface area contributed by atoms with E-state index in [1.165, 1.54) is 5.57 Å². The van der Waals surface area contributed by atoms with E-state index < -0.39 is 0 Å². The van der Waals surface area contributed by atoms with Crippen molar-refractivity contribution in [2.24, 2.45) is 5.92 Å². The Labute approximate surface area is 145 Å². The molecule has 1 N–H and O–H groups in total. The third-order valence-corrected chi connectivity index (χ3v) is 4.19. The zero-order valence-electron chi connectivity index (χ0n) is 13.7. The number of rotatable bonds is 5. The number of ether oxygens (including phenoxy) is 1. The summed E-state index contributed by atoms with van der Waals surface area (Å²) >= 11 is 7.10. The molecule has 21 heavy (non-hydrogen) atoms. The molecule has 2 nitrogen and oxygen atoms in total. The summed E-state index contributed by atoms with van der Waals surface area (Å²) in [6, 6.07) is 4.09. The van der Waals surface area contributed by atoms with Crippen LogP contribution < -0.4 is 10.1 Å². The van der Waals surface area contributed by atoms with Crippen LogP contribution in [0.1, 0.15) is 40.2 Å². The molecule has 0 fully saturated rings. The highest BCUT2D eigenvalue weighted by Gasteiger charge is 2.13. The number of nitrogens with one attached hydrogen (secondary N) is 1. The fraction of sp³-hybridized carbons (Fsp3) is 0.529. The molecule has 1 rings (SSSR count). The van der Waals surface area contributed by atoms with Gasteiger partial charge in [-0.2, -0.15) is 0 Å². The van der Waals surface area contributed by atoms with E-state index in [0.29, 0.717) is 5.92 Å². The van der Waals surface area contributed by atoms with Crippen LogP contribution in [0.2, 0.25) is 0 Å². The maximum absolute atomic E-state index is 5.52. The highest BCUT2D eigenvalue weighted by atomic mass is 79.9. The molecule has 0 aliphatic carbocycles. The molecule has 0 spiro atoms. The summed E-state index contributed by atoms with van der Waals surface area (Å²) in [5, 5.41) is 3.56. The summed E-state index contributed by atoms with van der Waals surface area (Å²) in [6.07, 6.45) is 2.22. The standard InChI is InChI=1S/C17H25Br2NO/c1-11(2)13(10-20-17(3,4)5)7-12-8-14(18)9-15(19)16(12)21-6/h7-9,11,20H,10H2,1-6H3. The second-order valence-electron chi connectivity index (χ2n) is 6.49. The lowest BCUT2D eigenvalue weighted by Crippen LogP contribution is -2.37. The first-order valence-corrected chi connectivity index (χ1v) is 8.71. The van der Waals surface area contributed by atoms with Gasteiger partial charge in [-0.25, -0.2) is 0 Å². The first-order valence-electron chi connectivity index (χ1n) is 7.12. The van der Waals surface area contributed by atoms with E-state index in [1.807, 2.05) is 6.07 Å². The van der Waals surface area contributed by atoms with Gasteiger partial charge in [0, 0.05) is 22.1 Å². The highest BCUT2D eigenvalue weighted by Crippen LogP contribution is 2.34. The van der Waals surface area contributed by atoms with Crippen molar-refractivity contribution in [3.63, 3.8) is 0 Å². The first-order chi connectivity index (χ1) is 9.64. The van der Waals surface area contributed by atoms with Crippen LogP contribution in [0, 0.1) is 5.92 Å². The monoisotopic (exact) mass is 417 g/mol. The molecule has 0 aromatic heterocycles. The molecule has 4 heteroatoms. The van der Waals surface area contributed by atoms with Gasteiger partial charge in [0.1, 0.15) is 5.75 Å². The summed E-state index contributed by atoms with van der Waals surface area (Å²) in [7, 11) is 1.70. The number of benzene rings is 1. The summed E-state index contributed by atoms with van der Waals surface area (Å²) in [4.78, 5) is 0. The number of hydrogen-bond donors (Lipinski definition) is 1. The Morgan fingerprint density at radius 1 is 1.29 bits per heavy atom. The number of methoxy groups -OCH3 is 1. The molecule has 0 saturated carbocycles. The van der Waals surface area contributed by atoms with Gasteiger partial charge >= 0.3 is 0 Å². The number of halogens is 2. The maximum Gasteiger partial charge on any atom is 0.140 e. The minimum atomic E-state index is 0.107. The second kappa shape index (κ2) is 7.80. The van der Waals surface area contributed by atoms with Crippen LogP contribution in [0.3, 0.4) is 0 Å². The van der Waals surface area contributed by atoms with Crippen LogP contribution in [0.5, 0.6) is 5.75 Å². The van der Waals surface area contributed by atoms with Crippen LogP contribution >= 0.6 is 31.9 Å². The van der Waals surface area contributed by atoms with Crippen molar-refractivity contribution in [1.82, 2.24) is 5.32 Å². The van der Waals surface area contributed by atoms with E-state index >= 15 is 0 Å². The van der Waals surface area contributed by atoms with E-state index in [9.17, 15) is 0 Å². The lowest BCUT2D eigenvalue weighted by molar-refractivity contribution is 0.411. The Hall–Kier alpha value is -0.320. The lowest BCUT2D eigenvalue weighted by Gasteiger charge is -2.23. The van der Waals surface area contributed by atoms with Crippen molar-refractivity contribution < 1.29 is 4.74 Å². The number of hydrogen-bond acceptors (Lipinski definition) is 2. The average Bonchev–Trinajstić information content (AvgIpc) is 2.32. The van der Waals surface area contributed by atoms with Crippen LogP contribution in [0.25, 0.3) is 6.08 Å². The maximum atomic E-state index is 5.52. The molecule has 1 aromatic carbocycles. The molecule has 0 radical (unpaired) electrons. The predicted octanol–water partition coefficient (Wildman–Crippen LogP) is 5.65. The van der Waals surface area contributed by atoms with Crippen molar-refractivity contribution in [3.05, 3.63) is 32.2 Å². The zero-order chi connectivity index (χ0) is 16.2. The molecule has 0 unspecified atom stereocenters. The van der Waals surface area contributed by atoms with Crippen LogP contribution in [-0.2, 0) is 0 Å². The van der Waals surface area contributed by atoms with Gasteiger partial charge in [-0.15, -0.1) is 0 Å². The Morgan fingerprint density at radius 2 is 1.90 bits per heavy atom. The van der Waals surface area contributed by atoms with E-state index in [1.54, 1.807) is 7.11 Å². The van der Waals surface area contributed by atoms with Gasteiger partial charge in [-0.05, 0) is 54.8 Å². The van der Waals surface area contributed by atoms with Gasteiger partial charge < -0.3 is 10.1 Å². The normalized spacial score (nSPS) is 12.9. The van der Waals surface area contributed by atoms with Crippen molar-refractivity contribution in [1.29, 1.82) is 0 Å². The molecular weight excluding hydrogens is 394 g/mol. The Balaban J connectivity index is 3.16. The summed E-state index contributed by atoms with van der Waals surface area (Å²) in [5.41, 5.74) is 2.54. The topological polar surface area (TPSA) is 21.3 Å². The van der Waals surface area contributed by atoms with E-state index in [2.05, 4.69) is 83.9 Å². The van der Waals surface area contributed by atoms with Crippen LogP contribution in [0.4, 0.5) is 0 Å². The molecule has 0 aliphatic heterocycles. The minimum absolute atomic E-state index is 0.107. The summed E-state index contributed by atoms with van der Waals surface area (Å²) in [6.45, 7) is 11.9. The van der Waals surface area contributed by atoms with E-state index in [-0.39, 0.29) is 5.54 Å². The van der Waals surface area contributed by atoms with Crippen LogP contribution in [0.15, 0.2) is 26.7 Å². The third kappa shape index (κ3) is 6.13. The van der Waals surface area contributed by atoms with Gasteiger partial charge in [-0.3, -0.25) is 0 Å². The van der Waals surface area contributed by atoms with Crippen molar-refractivity contribution in [2.45, 2.75) is 40.2 Å². The van der Waals surface area contributed by atoms with E-state index in [4.69, 9.17) is 4.74 Å². The fourth-order valence-corrected chi connectivity index (χ4v) is 3.31. The van der Waals surface area contributed by atoms with Crippen molar-refractivity contribution in [3.8, 4) is 5.75 Å². The second-order valence-corrected chi connectivity index (χ2v) is 8.26. The largest absolute Gasteiger partial charge is 0.495 e. The van der Waals surface area contributed by atoms with Gasteiger partial charge in [-0.1, -0.05) is 41.4 Å². The predicted molar refractivity (Wildman–Crippen MR) is 99.0 cm³/mol. The highest BCUT2D eigenvalue weighted by molar-refractivity contribution is 9.11. The molecule has 1 aromatic rings. The lowest BCUT2D eigenvalue weighted by atomic mass is 9.98. The first kappa shape index (κ1) is 18.7. The third-order valence-electron chi connectivity index (χ3n) is 3.15. The molecule has 0 saturated heterocycles. The molecular formula is C17H25Br2NO. The Bertz CT molecular complexity index is 516. The van der Waals surface area contributed by atoms with Crippen molar-refractivity contribution >= 4 is 37.9 Å². The van der Waals surface area contributed by atoms with Crippen LogP contribution in [-0.4, -0.2) is 19.2 Å². The fourth-order valence-electron chi connectivity index (χ4n) is 1.89. The molecule has 0 bridgehead atoms. The SMILES string of the molecule is COc1c(Br)cc(Br)cc1C=C(CNC(C)(C)C)C(C)C. The average molecular weight is 419 g/mol. The minimum Gasteiger partial charge on any atom is -0.495 e. The van der Waals surface area contributed by atoms with E-state index in [0.717, 1.165) is 26.8 Å².